The number of anilines is 1. The van der Waals surface area contributed by atoms with Crippen LogP contribution < -0.4 is 5.32 Å². The van der Waals surface area contributed by atoms with E-state index in [2.05, 4.69) is 52.6 Å². The molecule has 0 saturated carbocycles. The predicted molar refractivity (Wildman–Crippen MR) is 151 cm³/mol. The SMILES string of the molecule is Cc1cc(-c2n[nH]c3cc(C#N)c(-c4c(F)cc(NC(=O)CN5CCCC5)cc4F)cc23)cc2c1CCN(C)C2. The number of nitriles is 1. The standard InChI is InChI=1S/C31H30F2N6O/c1-18-9-19(10-21-16-38(2)8-5-23(18)21)31-25-14-24(20(15-34)11-28(25)36-37-31)30-26(32)12-22(13-27(30)33)35-29(40)17-39-6-3-4-7-39/h9-14H,3-8,16-17H2,1-2H3,(H,35,40)(H,36,37). The molecule has 0 spiro atoms. The molecule has 9 heteroatoms. The van der Waals surface area contributed by atoms with Crippen molar-refractivity contribution in [2.24, 2.45) is 0 Å². The molecule has 40 heavy (non-hydrogen) atoms. The summed E-state index contributed by atoms with van der Waals surface area (Å²) in [7, 11) is 2.10. The third kappa shape index (κ3) is 4.85. The van der Waals surface area contributed by atoms with Crippen LogP contribution in [-0.4, -0.2) is 59.1 Å². The van der Waals surface area contributed by atoms with Crippen molar-refractivity contribution < 1.29 is 13.6 Å². The third-order valence-corrected chi connectivity index (χ3v) is 8.01. The Labute approximate surface area is 231 Å². The van der Waals surface area contributed by atoms with Crippen LogP contribution in [0.15, 0.2) is 36.4 Å². The molecule has 0 unspecified atom stereocenters. The monoisotopic (exact) mass is 540 g/mol. The van der Waals surface area contributed by atoms with Crippen LogP contribution in [0, 0.1) is 29.9 Å². The molecule has 4 aromatic rings. The van der Waals surface area contributed by atoms with Crippen molar-refractivity contribution in [3.05, 3.63) is 70.3 Å². The van der Waals surface area contributed by atoms with E-state index in [1.165, 1.54) is 16.7 Å². The Bertz CT molecular complexity index is 1660. The fraction of sp³-hybridized carbons (Fsp3) is 0.323. The zero-order chi connectivity index (χ0) is 28.0. The van der Waals surface area contributed by atoms with Crippen molar-refractivity contribution in [3.63, 3.8) is 0 Å². The minimum atomic E-state index is -0.856. The maximum Gasteiger partial charge on any atom is 0.238 e. The molecule has 3 aromatic carbocycles. The molecule has 3 heterocycles. The largest absolute Gasteiger partial charge is 0.325 e. The average molecular weight is 541 g/mol. The van der Waals surface area contributed by atoms with Gasteiger partial charge in [0.25, 0.3) is 0 Å². The number of halogens is 2. The molecule has 1 saturated heterocycles. The van der Waals surface area contributed by atoms with Crippen molar-refractivity contribution in [1.29, 1.82) is 5.26 Å². The van der Waals surface area contributed by atoms with Gasteiger partial charge < -0.3 is 10.2 Å². The number of aryl methyl sites for hydroxylation is 1. The van der Waals surface area contributed by atoms with Gasteiger partial charge in [-0.2, -0.15) is 10.4 Å². The topological polar surface area (TPSA) is 88.0 Å². The Morgan fingerprint density at radius 2 is 1.85 bits per heavy atom. The molecular formula is C31H30F2N6O. The summed E-state index contributed by atoms with van der Waals surface area (Å²) in [6.07, 6.45) is 3.07. The number of H-pyrrole nitrogens is 1. The molecule has 7 nitrogen and oxygen atoms in total. The van der Waals surface area contributed by atoms with Gasteiger partial charge in [-0.15, -0.1) is 0 Å². The number of aromatic nitrogens is 2. The highest BCUT2D eigenvalue weighted by Crippen LogP contribution is 2.37. The highest BCUT2D eigenvalue weighted by atomic mass is 19.1. The van der Waals surface area contributed by atoms with Crippen LogP contribution in [0.4, 0.5) is 14.5 Å². The number of hydrogen-bond donors (Lipinski definition) is 2. The number of fused-ring (bicyclic) bond motifs is 2. The van der Waals surface area contributed by atoms with E-state index in [4.69, 9.17) is 0 Å². The van der Waals surface area contributed by atoms with Gasteiger partial charge in [0.15, 0.2) is 0 Å². The lowest BCUT2D eigenvalue weighted by Gasteiger charge is -2.26. The first-order chi connectivity index (χ1) is 19.3. The summed E-state index contributed by atoms with van der Waals surface area (Å²) in [6.45, 7) is 5.81. The lowest BCUT2D eigenvalue weighted by atomic mass is 9.91. The minimum Gasteiger partial charge on any atom is -0.325 e. The van der Waals surface area contributed by atoms with E-state index >= 15 is 8.78 Å². The number of rotatable bonds is 5. The first-order valence-corrected chi connectivity index (χ1v) is 13.6. The fourth-order valence-corrected chi connectivity index (χ4v) is 6.03. The number of hydrogen-bond acceptors (Lipinski definition) is 5. The molecule has 0 bridgehead atoms. The minimum absolute atomic E-state index is 0.0426. The summed E-state index contributed by atoms with van der Waals surface area (Å²) in [5.41, 5.74) is 5.94. The van der Waals surface area contributed by atoms with Gasteiger partial charge in [0, 0.05) is 35.3 Å². The molecule has 1 aromatic heterocycles. The Kier molecular flexibility index (Phi) is 6.82. The first kappa shape index (κ1) is 26.1. The lowest BCUT2D eigenvalue weighted by Crippen LogP contribution is -2.30. The maximum absolute atomic E-state index is 15.5. The Hall–Kier alpha value is -4.13. The molecule has 1 amide bonds. The second-order valence-corrected chi connectivity index (χ2v) is 10.9. The van der Waals surface area contributed by atoms with Crippen molar-refractivity contribution in [3.8, 4) is 28.5 Å². The molecule has 2 aliphatic heterocycles. The van der Waals surface area contributed by atoms with Crippen LogP contribution in [-0.2, 0) is 17.8 Å². The van der Waals surface area contributed by atoms with E-state index in [9.17, 15) is 10.1 Å². The summed E-state index contributed by atoms with van der Waals surface area (Å²) in [4.78, 5) is 16.7. The van der Waals surface area contributed by atoms with Crippen LogP contribution in [0.2, 0.25) is 0 Å². The number of amides is 1. The Balaban J connectivity index is 1.38. The molecule has 1 fully saturated rings. The van der Waals surface area contributed by atoms with Crippen molar-refractivity contribution in [2.45, 2.75) is 32.7 Å². The van der Waals surface area contributed by atoms with Crippen molar-refractivity contribution >= 4 is 22.5 Å². The number of nitrogens with one attached hydrogen (secondary N) is 2. The van der Waals surface area contributed by atoms with Gasteiger partial charge in [0.1, 0.15) is 11.6 Å². The molecular weight excluding hydrogens is 510 g/mol. The number of likely N-dealkylation sites (N-methyl/N-ethyl adjacent to an activating group) is 1. The second kappa shape index (κ2) is 10.5. The number of likely N-dealkylation sites (tertiary alicyclic amines) is 1. The zero-order valence-corrected chi connectivity index (χ0v) is 22.6. The van der Waals surface area contributed by atoms with Gasteiger partial charge in [-0.05, 0) is 99.4 Å². The van der Waals surface area contributed by atoms with E-state index in [-0.39, 0.29) is 34.8 Å². The summed E-state index contributed by atoms with van der Waals surface area (Å²) < 4.78 is 30.9. The van der Waals surface area contributed by atoms with Gasteiger partial charge in [-0.25, -0.2) is 8.78 Å². The van der Waals surface area contributed by atoms with Gasteiger partial charge in [0.05, 0.1) is 35.0 Å². The summed E-state index contributed by atoms with van der Waals surface area (Å²) in [5.74, 6) is -2.03. The molecule has 2 aliphatic rings. The number of benzene rings is 3. The number of aromatic amines is 1. The third-order valence-electron chi connectivity index (χ3n) is 8.01. The van der Waals surface area contributed by atoms with Gasteiger partial charge in [0.2, 0.25) is 5.91 Å². The molecule has 6 rings (SSSR count). The number of carbonyl (C=O) groups excluding carboxylic acids is 1. The molecule has 204 valence electrons. The van der Waals surface area contributed by atoms with E-state index in [1.807, 2.05) is 4.90 Å². The van der Waals surface area contributed by atoms with E-state index in [0.29, 0.717) is 16.6 Å². The van der Waals surface area contributed by atoms with Crippen LogP contribution in [0.25, 0.3) is 33.3 Å². The average Bonchev–Trinajstić information content (AvgIpc) is 3.57. The van der Waals surface area contributed by atoms with Gasteiger partial charge in [-0.1, -0.05) is 0 Å². The predicted octanol–water partition coefficient (Wildman–Crippen LogP) is 5.38. The highest BCUT2D eigenvalue weighted by Gasteiger charge is 2.23. The summed E-state index contributed by atoms with van der Waals surface area (Å²) >= 11 is 0. The van der Waals surface area contributed by atoms with E-state index < -0.39 is 11.6 Å². The van der Waals surface area contributed by atoms with Crippen molar-refractivity contribution in [1.82, 2.24) is 20.0 Å². The molecule has 0 radical (unpaired) electrons. The van der Waals surface area contributed by atoms with Crippen LogP contribution in [0.1, 0.15) is 35.1 Å². The summed E-state index contributed by atoms with van der Waals surface area (Å²) in [5, 5.41) is 20.6. The zero-order valence-electron chi connectivity index (χ0n) is 22.6. The molecule has 0 aliphatic carbocycles. The first-order valence-electron chi connectivity index (χ1n) is 13.6. The Morgan fingerprint density at radius 3 is 2.58 bits per heavy atom. The van der Waals surface area contributed by atoms with Gasteiger partial charge >= 0.3 is 0 Å². The Morgan fingerprint density at radius 1 is 1.10 bits per heavy atom. The van der Waals surface area contributed by atoms with Crippen LogP contribution >= 0.6 is 0 Å². The molecule has 2 N–H and O–H groups in total. The second-order valence-electron chi connectivity index (χ2n) is 10.9. The number of nitrogens with zero attached hydrogens (tertiary/aromatic N) is 4. The number of carbonyl (C=O) groups is 1. The lowest BCUT2D eigenvalue weighted by molar-refractivity contribution is -0.117. The van der Waals surface area contributed by atoms with Gasteiger partial charge in [-0.3, -0.25) is 14.8 Å². The van der Waals surface area contributed by atoms with E-state index in [0.717, 1.165) is 63.1 Å². The van der Waals surface area contributed by atoms with Crippen LogP contribution in [0.5, 0.6) is 0 Å². The maximum atomic E-state index is 15.5. The normalized spacial score (nSPS) is 15.8. The quantitative estimate of drug-likeness (QED) is 0.355. The van der Waals surface area contributed by atoms with Crippen molar-refractivity contribution in [2.75, 3.05) is 38.5 Å². The highest BCUT2D eigenvalue weighted by molar-refractivity contribution is 5.98. The fourth-order valence-electron chi connectivity index (χ4n) is 6.03. The summed E-state index contributed by atoms with van der Waals surface area (Å²) in [6, 6.07) is 11.7. The van der Waals surface area contributed by atoms with E-state index in [1.54, 1.807) is 12.1 Å². The molecule has 0 atom stereocenters. The smallest absolute Gasteiger partial charge is 0.238 e. The van der Waals surface area contributed by atoms with Crippen LogP contribution in [0.3, 0.4) is 0 Å².